The third-order valence-electron chi connectivity index (χ3n) is 7.44. The number of aromatic nitrogens is 6. The highest BCUT2D eigenvalue weighted by atomic mass is 15.3. The maximum Gasteiger partial charge on any atom is 0.241 e. The van der Waals surface area contributed by atoms with Crippen LogP contribution >= 0.6 is 0 Å². The number of nitrogens with zero attached hydrogens (tertiary/aromatic N) is 6. The van der Waals surface area contributed by atoms with Gasteiger partial charge in [0.1, 0.15) is 0 Å². The molecule has 6 heteroatoms. The molecule has 0 saturated heterocycles. The highest BCUT2D eigenvalue weighted by molar-refractivity contribution is 5.94. The first-order valence-electron chi connectivity index (χ1n) is 13.6. The summed E-state index contributed by atoms with van der Waals surface area (Å²) in [5, 5.41) is 0. The molecule has 0 aliphatic carbocycles. The third kappa shape index (κ3) is 3.88. The zero-order valence-corrected chi connectivity index (χ0v) is 22.3. The van der Waals surface area contributed by atoms with E-state index in [-0.39, 0.29) is 0 Å². The quantitative estimate of drug-likeness (QED) is 0.233. The van der Waals surface area contributed by atoms with Gasteiger partial charge in [-0.3, -0.25) is 4.40 Å². The summed E-state index contributed by atoms with van der Waals surface area (Å²) >= 11 is 0. The number of benzene rings is 5. The van der Waals surface area contributed by atoms with Crippen molar-refractivity contribution in [3.05, 3.63) is 133 Å². The van der Waals surface area contributed by atoms with Gasteiger partial charge < -0.3 is 0 Å². The van der Waals surface area contributed by atoms with Crippen molar-refractivity contribution in [2.24, 2.45) is 0 Å². The topological polar surface area (TPSA) is 60.9 Å². The Kier molecular flexibility index (Phi) is 5.25. The van der Waals surface area contributed by atoms with E-state index in [0.717, 1.165) is 55.7 Å². The molecule has 0 fully saturated rings. The second-order valence-corrected chi connectivity index (χ2v) is 10.2. The summed E-state index contributed by atoms with van der Waals surface area (Å²) in [5.41, 5.74) is 9.30. The Labute approximate surface area is 236 Å². The largest absolute Gasteiger partial charge is 0.276 e. The first kappa shape index (κ1) is 23.3. The minimum Gasteiger partial charge on any atom is -0.276 e. The molecule has 41 heavy (non-hydrogen) atoms. The molecular formula is C35H24N6. The maximum atomic E-state index is 5.12. The van der Waals surface area contributed by atoms with Crippen molar-refractivity contribution in [3.8, 4) is 39.9 Å². The van der Waals surface area contributed by atoms with Crippen LogP contribution in [-0.4, -0.2) is 28.9 Å². The van der Waals surface area contributed by atoms with Crippen LogP contribution in [0.2, 0.25) is 0 Å². The van der Waals surface area contributed by atoms with Crippen LogP contribution in [-0.2, 0) is 0 Å². The van der Waals surface area contributed by atoms with Gasteiger partial charge >= 0.3 is 0 Å². The summed E-state index contributed by atoms with van der Waals surface area (Å²) in [6.07, 6.45) is 0. The van der Waals surface area contributed by atoms with Gasteiger partial charge in [0.05, 0.1) is 22.1 Å². The molecule has 0 aliphatic heterocycles. The summed E-state index contributed by atoms with van der Waals surface area (Å²) in [6, 6.07) is 43.4. The molecule has 0 N–H and O–H groups in total. The Morgan fingerprint density at radius 3 is 1.68 bits per heavy atom. The fraction of sp³-hybridized carbons (Fsp3) is 0.0286. The second-order valence-electron chi connectivity index (χ2n) is 10.2. The fourth-order valence-electron chi connectivity index (χ4n) is 5.47. The second kappa shape index (κ2) is 9.24. The van der Waals surface area contributed by atoms with Crippen LogP contribution in [0.15, 0.2) is 127 Å². The van der Waals surface area contributed by atoms with Crippen molar-refractivity contribution in [3.63, 3.8) is 0 Å². The monoisotopic (exact) mass is 528 g/mol. The molecular weight excluding hydrogens is 504 g/mol. The molecule has 0 amide bonds. The van der Waals surface area contributed by atoms with E-state index < -0.39 is 0 Å². The zero-order valence-electron chi connectivity index (χ0n) is 22.3. The molecule has 0 bridgehead atoms. The number of imidazole rings is 2. The predicted octanol–water partition coefficient (Wildman–Crippen LogP) is 7.93. The molecule has 3 heterocycles. The molecule has 6 nitrogen and oxygen atoms in total. The van der Waals surface area contributed by atoms with E-state index in [4.69, 9.17) is 19.9 Å². The van der Waals surface area contributed by atoms with Crippen LogP contribution in [0.4, 0.5) is 0 Å². The molecule has 194 valence electrons. The first-order chi connectivity index (χ1) is 20.2. The summed E-state index contributed by atoms with van der Waals surface area (Å²) in [4.78, 5) is 20.1. The molecule has 3 aromatic heterocycles. The lowest BCUT2D eigenvalue weighted by Gasteiger charge is -2.10. The number of hydrogen-bond acceptors (Lipinski definition) is 4. The summed E-state index contributed by atoms with van der Waals surface area (Å²) in [7, 11) is 0. The predicted molar refractivity (Wildman–Crippen MR) is 164 cm³/mol. The average molecular weight is 529 g/mol. The summed E-state index contributed by atoms with van der Waals surface area (Å²) in [5.74, 6) is 2.51. The number of hydrogen-bond donors (Lipinski definition) is 0. The van der Waals surface area contributed by atoms with Gasteiger partial charge in [0.15, 0.2) is 11.6 Å². The van der Waals surface area contributed by atoms with Crippen molar-refractivity contribution in [2.45, 2.75) is 6.92 Å². The standard InChI is InChI=1S/C35H24N6/c1-23-17-19-29-28(21-23)36-35-40(29)31-22-27(24-11-5-2-6-12-24)18-20-30(31)41(35)34-38-32(25-13-7-3-8-14-25)37-33(39-34)26-15-9-4-10-16-26/h2-22H,1H3. The number of fused-ring (bicyclic) bond motifs is 5. The van der Waals surface area contributed by atoms with Crippen LogP contribution in [0.3, 0.4) is 0 Å². The molecule has 8 rings (SSSR count). The van der Waals surface area contributed by atoms with E-state index in [1.165, 1.54) is 0 Å². The lowest BCUT2D eigenvalue weighted by molar-refractivity contribution is 0.937. The van der Waals surface area contributed by atoms with Crippen molar-refractivity contribution in [1.82, 2.24) is 28.9 Å². The van der Waals surface area contributed by atoms with Gasteiger partial charge in [-0.15, -0.1) is 0 Å². The lowest BCUT2D eigenvalue weighted by Crippen LogP contribution is -2.07. The van der Waals surface area contributed by atoms with Gasteiger partial charge in [-0.2, -0.15) is 9.97 Å². The van der Waals surface area contributed by atoms with Crippen molar-refractivity contribution < 1.29 is 0 Å². The fourth-order valence-corrected chi connectivity index (χ4v) is 5.47. The van der Waals surface area contributed by atoms with Gasteiger partial charge in [0.25, 0.3) is 0 Å². The number of rotatable bonds is 4. The SMILES string of the molecule is Cc1ccc2c(c1)nc1n(-c3nc(-c4ccccc4)nc(-c4ccccc4)n3)c3ccc(-c4ccccc4)cc3n21. The van der Waals surface area contributed by atoms with E-state index >= 15 is 0 Å². The van der Waals surface area contributed by atoms with Crippen molar-refractivity contribution >= 4 is 27.8 Å². The van der Waals surface area contributed by atoms with Gasteiger partial charge in [0, 0.05) is 11.1 Å². The van der Waals surface area contributed by atoms with Crippen LogP contribution in [0.5, 0.6) is 0 Å². The van der Waals surface area contributed by atoms with Crippen LogP contribution in [0.25, 0.3) is 67.7 Å². The van der Waals surface area contributed by atoms with E-state index in [0.29, 0.717) is 17.6 Å². The van der Waals surface area contributed by atoms with Crippen LogP contribution in [0, 0.1) is 6.92 Å². The maximum absolute atomic E-state index is 5.12. The molecule has 0 unspecified atom stereocenters. The van der Waals surface area contributed by atoms with Crippen molar-refractivity contribution in [1.29, 1.82) is 0 Å². The Hall–Kier alpha value is -5.62. The molecule has 0 spiro atoms. The van der Waals surface area contributed by atoms with Gasteiger partial charge in [-0.1, -0.05) is 103 Å². The van der Waals surface area contributed by atoms with E-state index in [2.05, 4.69) is 76.6 Å². The first-order valence-corrected chi connectivity index (χ1v) is 13.6. The zero-order chi connectivity index (χ0) is 27.3. The van der Waals surface area contributed by atoms with E-state index in [9.17, 15) is 0 Å². The minimum atomic E-state index is 0.525. The lowest BCUT2D eigenvalue weighted by atomic mass is 10.1. The molecule has 0 radical (unpaired) electrons. The van der Waals surface area contributed by atoms with Gasteiger partial charge in [-0.25, -0.2) is 14.5 Å². The van der Waals surface area contributed by atoms with Crippen LogP contribution < -0.4 is 0 Å². The molecule has 0 saturated carbocycles. The average Bonchev–Trinajstić information content (AvgIpc) is 3.55. The highest BCUT2D eigenvalue weighted by Gasteiger charge is 2.21. The van der Waals surface area contributed by atoms with Gasteiger partial charge in [0.2, 0.25) is 11.7 Å². The molecule has 0 atom stereocenters. The van der Waals surface area contributed by atoms with E-state index in [1.54, 1.807) is 0 Å². The molecule has 8 aromatic rings. The Morgan fingerprint density at radius 2 is 1.05 bits per heavy atom. The Bertz CT molecular complexity index is 2140. The summed E-state index contributed by atoms with van der Waals surface area (Å²) in [6.45, 7) is 2.09. The van der Waals surface area contributed by atoms with Crippen LogP contribution in [0.1, 0.15) is 5.56 Å². The third-order valence-corrected chi connectivity index (χ3v) is 7.44. The summed E-state index contributed by atoms with van der Waals surface area (Å²) < 4.78 is 4.27. The Morgan fingerprint density at radius 1 is 0.463 bits per heavy atom. The van der Waals surface area contributed by atoms with Crippen molar-refractivity contribution in [2.75, 3.05) is 0 Å². The molecule has 5 aromatic carbocycles. The number of aryl methyl sites for hydroxylation is 1. The Balaban J connectivity index is 1.47. The van der Waals surface area contributed by atoms with Gasteiger partial charge in [-0.05, 0) is 47.9 Å². The minimum absolute atomic E-state index is 0.525. The smallest absolute Gasteiger partial charge is 0.241 e. The highest BCUT2D eigenvalue weighted by Crippen LogP contribution is 2.33. The normalized spacial score (nSPS) is 11.5. The molecule has 0 aliphatic rings. The van der Waals surface area contributed by atoms with E-state index in [1.807, 2.05) is 66.7 Å².